The molecule has 0 aliphatic heterocycles. The van der Waals surface area contributed by atoms with Crippen molar-refractivity contribution in [2.75, 3.05) is 7.11 Å². The molecule has 0 atom stereocenters. The van der Waals surface area contributed by atoms with E-state index in [-0.39, 0.29) is 0 Å². The average Bonchev–Trinajstić information content (AvgIpc) is 3.18. The number of rotatable bonds is 5. The van der Waals surface area contributed by atoms with Gasteiger partial charge in [0.05, 0.1) is 12.8 Å². The highest BCUT2D eigenvalue weighted by Gasteiger charge is 2.17. The molecule has 0 aliphatic carbocycles. The Kier molecular flexibility index (Phi) is 5.04. The lowest BCUT2D eigenvalue weighted by Crippen LogP contribution is -2.00. The van der Waals surface area contributed by atoms with Gasteiger partial charge in [-0.1, -0.05) is 36.4 Å². The van der Waals surface area contributed by atoms with Crippen LogP contribution >= 0.6 is 11.8 Å². The van der Waals surface area contributed by atoms with Crippen LogP contribution in [0.1, 0.15) is 5.69 Å². The van der Waals surface area contributed by atoms with Crippen LogP contribution in [0.3, 0.4) is 0 Å². The number of nitriles is 1. The van der Waals surface area contributed by atoms with Crippen molar-refractivity contribution in [2.45, 2.75) is 10.2 Å². The summed E-state index contributed by atoms with van der Waals surface area (Å²) >= 11 is 1.36. The molecule has 0 fully saturated rings. The zero-order chi connectivity index (χ0) is 19.3. The number of aromatic nitrogens is 4. The van der Waals surface area contributed by atoms with Crippen LogP contribution in [0.25, 0.3) is 17.1 Å². The minimum Gasteiger partial charge on any atom is -0.497 e. The third-order valence-corrected chi connectivity index (χ3v) is 4.91. The first-order valence-corrected chi connectivity index (χ1v) is 9.30. The van der Waals surface area contributed by atoms with Gasteiger partial charge in [-0.3, -0.25) is 4.57 Å². The van der Waals surface area contributed by atoms with Gasteiger partial charge < -0.3 is 4.74 Å². The molecular weight excluding hydrogens is 370 g/mol. The molecule has 0 spiro atoms. The molecule has 0 unspecified atom stereocenters. The minimum atomic E-state index is 0.365. The maximum atomic E-state index is 9.10. The zero-order valence-corrected chi connectivity index (χ0v) is 15.8. The molecule has 28 heavy (non-hydrogen) atoms. The molecule has 2 aromatic heterocycles. The molecular formula is C21H15N5OS. The van der Waals surface area contributed by atoms with E-state index in [4.69, 9.17) is 10.00 Å². The Morgan fingerprint density at radius 1 is 0.929 bits per heavy atom. The van der Waals surface area contributed by atoms with E-state index >= 15 is 0 Å². The van der Waals surface area contributed by atoms with Crippen LogP contribution in [0.5, 0.6) is 5.75 Å². The molecule has 0 radical (unpaired) electrons. The number of benzene rings is 2. The van der Waals surface area contributed by atoms with Crippen LogP contribution in [0, 0.1) is 11.3 Å². The first-order valence-electron chi connectivity index (χ1n) is 8.49. The molecule has 7 heteroatoms. The third-order valence-electron chi connectivity index (χ3n) is 4.03. The predicted molar refractivity (Wildman–Crippen MR) is 106 cm³/mol. The van der Waals surface area contributed by atoms with Crippen molar-refractivity contribution in [1.29, 1.82) is 5.26 Å². The highest BCUT2D eigenvalue weighted by molar-refractivity contribution is 7.99. The number of hydrogen-bond acceptors (Lipinski definition) is 6. The summed E-state index contributed by atoms with van der Waals surface area (Å²) in [4.78, 5) is 4.33. The molecule has 0 saturated carbocycles. The number of ether oxygens (including phenoxy) is 1. The van der Waals surface area contributed by atoms with E-state index in [1.165, 1.54) is 11.8 Å². The Morgan fingerprint density at radius 3 is 2.43 bits per heavy atom. The maximum absolute atomic E-state index is 9.10. The first-order chi connectivity index (χ1) is 13.8. The Hall–Kier alpha value is -3.63. The Morgan fingerprint density at radius 2 is 1.71 bits per heavy atom. The normalized spacial score (nSPS) is 10.4. The lowest BCUT2D eigenvalue weighted by molar-refractivity contribution is 0.414. The van der Waals surface area contributed by atoms with Crippen molar-refractivity contribution in [3.8, 4) is 28.9 Å². The summed E-state index contributed by atoms with van der Waals surface area (Å²) in [5, 5.41) is 19.2. The van der Waals surface area contributed by atoms with E-state index in [0.717, 1.165) is 22.8 Å². The van der Waals surface area contributed by atoms with Crippen LogP contribution < -0.4 is 4.74 Å². The lowest BCUT2D eigenvalue weighted by atomic mass is 10.2. The largest absolute Gasteiger partial charge is 0.497 e. The Bertz CT molecular complexity index is 1130. The molecule has 0 amide bonds. The Balaban J connectivity index is 1.82. The van der Waals surface area contributed by atoms with Crippen LogP contribution in [-0.4, -0.2) is 26.9 Å². The highest BCUT2D eigenvalue weighted by Crippen LogP contribution is 2.32. The lowest BCUT2D eigenvalue weighted by Gasteiger charge is -2.11. The summed E-state index contributed by atoms with van der Waals surface area (Å²) in [6, 6.07) is 25.0. The number of methoxy groups -OCH3 is 1. The van der Waals surface area contributed by atoms with Crippen molar-refractivity contribution < 1.29 is 4.74 Å². The SMILES string of the molecule is COc1ccc(-n2c(Sc3cccc(C#N)n3)nnc2-c2ccccc2)cc1. The molecule has 0 N–H and O–H groups in total. The summed E-state index contributed by atoms with van der Waals surface area (Å²) in [7, 11) is 1.64. The van der Waals surface area contributed by atoms with Crippen molar-refractivity contribution in [3.05, 3.63) is 78.5 Å². The van der Waals surface area contributed by atoms with E-state index in [9.17, 15) is 0 Å². The van der Waals surface area contributed by atoms with Gasteiger partial charge in [0, 0.05) is 5.56 Å². The molecule has 0 saturated heterocycles. The van der Waals surface area contributed by atoms with Crippen LogP contribution in [0.2, 0.25) is 0 Å². The molecule has 2 heterocycles. The van der Waals surface area contributed by atoms with Gasteiger partial charge in [0.15, 0.2) is 5.82 Å². The quantitative estimate of drug-likeness (QED) is 0.508. The fourth-order valence-electron chi connectivity index (χ4n) is 2.70. The zero-order valence-electron chi connectivity index (χ0n) is 15.0. The van der Waals surface area contributed by atoms with Crippen molar-refractivity contribution in [2.24, 2.45) is 0 Å². The van der Waals surface area contributed by atoms with Crippen LogP contribution in [0.15, 0.2) is 83.0 Å². The van der Waals surface area contributed by atoms with E-state index in [1.54, 1.807) is 19.2 Å². The predicted octanol–water partition coefficient (Wildman–Crippen LogP) is 4.36. The minimum absolute atomic E-state index is 0.365. The monoisotopic (exact) mass is 385 g/mol. The molecule has 6 nitrogen and oxygen atoms in total. The van der Waals surface area contributed by atoms with Crippen molar-refractivity contribution in [3.63, 3.8) is 0 Å². The van der Waals surface area contributed by atoms with Gasteiger partial charge in [-0.25, -0.2) is 4.98 Å². The summed E-state index contributed by atoms with van der Waals surface area (Å²) in [5.41, 5.74) is 2.23. The van der Waals surface area contributed by atoms with E-state index in [0.29, 0.717) is 15.9 Å². The van der Waals surface area contributed by atoms with Crippen LogP contribution in [-0.2, 0) is 0 Å². The summed E-state index contributed by atoms with van der Waals surface area (Å²) in [5.74, 6) is 1.50. The molecule has 4 aromatic rings. The fraction of sp³-hybridized carbons (Fsp3) is 0.0476. The van der Waals surface area contributed by atoms with E-state index < -0.39 is 0 Å². The Labute approximate surface area is 166 Å². The summed E-state index contributed by atoms with van der Waals surface area (Å²) in [6.45, 7) is 0. The molecule has 136 valence electrons. The number of hydrogen-bond donors (Lipinski definition) is 0. The second-order valence-corrected chi connectivity index (χ2v) is 6.77. The van der Waals surface area contributed by atoms with E-state index in [1.807, 2.05) is 65.2 Å². The maximum Gasteiger partial charge on any atom is 0.202 e. The smallest absolute Gasteiger partial charge is 0.202 e. The van der Waals surface area contributed by atoms with E-state index in [2.05, 4.69) is 21.3 Å². The fourth-order valence-corrected chi connectivity index (χ4v) is 3.54. The second-order valence-electron chi connectivity index (χ2n) is 5.78. The molecule has 0 aliphatic rings. The third kappa shape index (κ3) is 3.59. The second kappa shape index (κ2) is 7.94. The average molecular weight is 385 g/mol. The van der Waals surface area contributed by atoms with Crippen LogP contribution in [0.4, 0.5) is 0 Å². The summed E-state index contributed by atoms with van der Waals surface area (Å²) < 4.78 is 7.24. The van der Waals surface area contributed by atoms with Gasteiger partial charge in [0.1, 0.15) is 22.5 Å². The highest BCUT2D eigenvalue weighted by atomic mass is 32.2. The van der Waals surface area contributed by atoms with Crippen molar-refractivity contribution in [1.82, 2.24) is 19.7 Å². The van der Waals surface area contributed by atoms with Gasteiger partial charge in [-0.15, -0.1) is 10.2 Å². The summed E-state index contributed by atoms with van der Waals surface area (Å²) in [6.07, 6.45) is 0. The van der Waals surface area contributed by atoms with Gasteiger partial charge in [0.25, 0.3) is 0 Å². The molecule has 0 bridgehead atoms. The first kappa shape index (κ1) is 17.8. The van der Waals surface area contributed by atoms with Crippen molar-refractivity contribution >= 4 is 11.8 Å². The van der Waals surface area contributed by atoms with Gasteiger partial charge in [-0.2, -0.15) is 5.26 Å². The topological polar surface area (TPSA) is 76.6 Å². The standard InChI is InChI=1S/C21H15N5OS/c1-27-18-12-10-17(11-13-18)26-20(15-6-3-2-4-7-15)24-25-21(26)28-19-9-5-8-16(14-22)23-19/h2-13H,1H3. The van der Waals surface area contributed by atoms with Gasteiger partial charge in [-0.05, 0) is 48.2 Å². The van der Waals surface area contributed by atoms with Gasteiger partial charge >= 0.3 is 0 Å². The molecule has 4 rings (SSSR count). The molecule has 2 aromatic carbocycles. The number of pyridine rings is 1. The van der Waals surface area contributed by atoms with Gasteiger partial charge in [0.2, 0.25) is 5.16 Å². The number of nitrogens with zero attached hydrogens (tertiary/aromatic N) is 5.